The highest BCUT2D eigenvalue weighted by Crippen LogP contribution is 2.29. The van der Waals surface area contributed by atoms with Crippen LogP contribution in [0, 0.1) is 11.2 Å². The van der Waals surface area contributed by atoms with Gasteiger partial charge in [-0.1, -0.05) is 19.0 Å². The molecule has 0 spiro atoms. The summed E-state index contributed by atoms with van der Waals surface area (Å²) in [7, 11) is 0. The van der Waals surface area contributed by atoms with Gasteiger partial charge in [0.05, 0.1) is 0 Å². The highest BCUT2D eigenvalue weighted by molar-refractivity contribution is 5.97. The number of oxime groups is 1. The number of rotatable bonds is 3. The van der Waals surface area contributed by atoms with Gasteiger partial charge in [0.15, 0.2) is 5.84 Å². The molecule has 1 heterocycles. The molecule has 1 saturated heterocycles. The molecule has 1 fully saturated rings. The smallest absolute Gasteiger partial charge is 0.170 e. The number of nitrogens with zero attached hydrogens (tertiary/aromatic N) is 2. The number of hydrogen-bond acceptors (Lipinski definition) is 3. The molecule has 0 unspecified atom stereocenters. The molecule has 19 heavy (non-hydrogen) atoms. The fraction of sp³-hybridized carbons (Fsp3) is 0.500. The summed E-state index contributed by atoms with van der Waals surface area (Å²) in [5.41, 5.74) is 7.08. The van der Waals surface area contributed by atoms with Gasteiger partial charge in [-0.3, -0.25) is 4.90 Å². The van der Waals surface area contributed by atoms with E-state index in [1.54, 1.807) is 6.07 Å². The highest BCUT2D eigenvalue weighted by Gasteiger charge is 2.28. The summed E-state index contributed by atoms with van der Waals surface area (Å²) in [6.45, 7) is 7.18. The van der Waals surface area contributed by atoms with E-state index in [0.717, 1.165) is 25.1 Å². The van der Waals surface area contributed by atoms with Crippen LogP contribution in [0.2, 0.25) is 0 Å². The van der Waals surface area contributed by atoms with Crippen LogP contribution in [-0.4, -0.2) is 29.0 Å². The predicted molar refractivity (Wildman–Crippen MR) is 72.6 cm³/mol. The third-order valence-electron chi connectivity index (χ3n) is 3.52. The minimum absolute atomic E-state index is 0.0671. The van der Waals surface area contributed by atoms with Gasteiger partial charge in [-0.15, -0.1) is 0 Å². The van der Waals surface area contributed by atoms with Crippen molar-refractivity contribution >= 4 is 5.84 Å². The van der Waals surface area contributed by atoms with Gasteiger partial charge in [0.1, 0.15) is 5.82 Å². The Kier molecular flexibility index (Phi) is 3.75. The van der Waals surface area contributed by atoms with Crippen LogP contribution in [0.4, 0.5) is 4.39 Å². The minimum atomic E-state index is -0.363. The first kappa shape index (κ1) is 13.8. The molecule has 1 aliphatic rings. The van der Waals surface area contributed by atoms with Crippen LogP contribution in [0.5, 0.6) is 0 Å². The number of halogens is 1. The zero-order chi connectivity index (χ0) is 14.0. The molecule has 0 atom stereocenters. The van der Waals surface area contributed by atoms with Crippen molar-refractivity contribution in [2.75, 3.05) is 13.1 Å². The van der Waals surface area contributed by atoms with E-state index in [4.69, 9.17) is 10.9 Å². The lowest BCUT2D eigenvalue weighted by Crippen LogP contribution is -2.23. The zero-order valence-corrected chi connectivity index (χ0v) is 11.4. The maximum Gasteiger partial charge on any atom is 0.170 e. The third kappa shape index (κ3) is 3.44. The molecule has 0 bridgehead atoms. The molecule has 1 aliphatic heterocycles. The van der Waals surface area contributed by atoms with Gasteiger partial charge in [0.2, 0.25) is 0 Å². The molecular formula is C14H20FN3O. The van der Waals surface area contributed by atoms with Crippen LogP contribution in [0.15, 0.2) is 23.4 Å². The van der Waals surface area contributed by atoms with Crippen molar-refractivity contribution in [3.05, 3.63) is 35.1 Å². The molecule has 3 N–H and O–H groups in total. The lowest BCUT2D eigenvalue weighted by molar-refractivity contribution is 0.284. The second-order valence-corrected chi connectivity index (χ2v) is 5.96. The third-order valence-corrected chi connectivity index (χ3v) is 3.52. The largest absolute Gasteiger partial charge is 0.409 e. The Labute approximate surface area is 112 Å². The van der Waals surface area contributed by atoms with Crippen molar-refractivity contribution in [2.45, 2.75) is 26.8 Å². The lowest BCUT2D eigenvalue weighted by Gasteiger charge is -2.20. The molecule has 1 aromatic rings. The van der Waals surface area contributed by atoms with E-state index in [-0.39, 0.29) is 11.7 Å². The minimum Gasteiger partial charge on any atom is -0.409 e. The first-order valence-electron chi connectivity index (χ1n) is 6.39. The molecule has 0 amide bonds. The first-order valence-corrected chi connectivity index (χ1v) is 6.39. The molecule has 0 aromatic heterocycles. The second kappa shape index (κ2) is 5.17. The Morgan fingerprint density at radius 1 is 1.47 bits per heavy atom. The summed E-state index contributed by atoms with van der Waals surface area (Å²) in [5, 5.41) is 11.6. The molecule has 0 aliphatic carbocycles. The van der Waals surface area contributed by atoms with Crippen molar-refractivity contribution in [1.29, 1.82) is 0 Å². The number of likely N-dealkylation sites (tertiary alicyclic amines) is 1. The van der Waals surface area contributed by atoms with Crippen LogP contribution in [0.3, 0.4) is 0 Å². The first-order chi connectivity index (χ1) is 8.89. The molecule has 5 heteroatoms. The van der Waals surface area contributed by atoms with E-state index in [9.17, 15) is 4.39 Å². The Morgan fingerprint density at radius 3 is 2.79 bits per heavy atom. The molecule has 2 rings (SSSR count). The fourth-order valence-electron chi connectivity index (χ4n) is 2.56. The van der Waals surface area contributed by atoms with Gasteiger partial charge < -0.3 is 10.9 Å². The molecule has 1 aromatic carbocycles. The van der Waals surface area contributed by atoms with E-state index >= 15 is 0 Å². The SMILES string of the molecule is CC1(C)CCN(Cc2cc(F)cc(/C(N)=N/O)c2)C1. The summed E-state index contributed by atoms with van der Waals surface area (Å²) in [6.07, 6.45) is 1.15. The normalized spacial score (nSPS) is 19.8. The van der Waals surface area contributed by atoms with Gasteiger partial charge in [0.25, 0.3) is 0 Å². The van der Waals surface area contributed by atoms with Crippen LogP contribution in [-0.2, 0) is 6.54 Å². The van der Waals surface area contributed by atoms with Crippen molar-refractivity contribution in [3.63, 3.8) is 0 Å². The summed E-state index contributed by atoms with van der Waals surface area (Å²) in [6, 6.07) is 4.54. The van der Waals surface area contributed by atoms with Gasteiger partial charge >= 0.3 is 0 Å². The Balaban J connectivity index is 2.15. The van der Waals surface area contributed by atoms with Crippen molar-refractivity contribution in [2.24, 2.45) is 16.3 Å². The average Bonchev–Trinajstić information content (AvgIpc) is 2.66. The number of benzene rings is 1. The van der Waals surface area contributed by atoms with Crippen LogP contribution in [0.25, 0.3) is 0 Å². The van der Waals surface area contributed by atoms with Crippen LogP contribution >= 0.6 is 0 Å². The number of amidine groups is 1. The van der Waals surface area contributed by atoms with Crippen LogP contribution in [0.1, 0.15) is 31.4 Å². The molecule has 0 saturated carbocycles. The maximum absolute atomic E-state index is 13.5. The predicted octanol–water partition coefficient (Wildman–Crippen LogP) is 2.15. The van der Waals surface area contributed by atoms with E-state index in [2.05, 4.69) is 23.9 Å². The molecular weight excluding hydrogens is 245 g/mol. The molecule has 104 valence electrons. The average molecular weight is 265 g/mol. The number of nitrogens with two attached hydrogens (primary N) is 1. The van der Waals surface area contributed by atoms with E-state index in [0.29, 0.717) is 17.5 Å². The monoisotopic (exact) mass is 265 g/mol. The van der Waals surface area contributed by atoms with Gasteiger partial charge in [0, 0.05) is 18.7 Å². The van der Waals surface area contributed by atoms with E-state index < -0.39 is 0 Å². The van der Waals surface area contributed by atoms with E-state index in [1.165, 1.54) is 12.1 Å². The van der Waals surface area contributed by atoms with Crippen LogP contribution < -0.4 is 5.73 Å². The quantitative estimate of drug-likeness (QED) is 0.381. The van der Waals surface area contributed by atoms with Gasteiger partial charge in [-0.05, 0) is 42.1 Å². The summed E-state index contributed by atoms with van der Waals surface area (Å²) >= 11 is 0. The Hall–Kier alpha value is -1.62. The summed E-state index contributed by atoms with van der Waals surface area (Å²) < 4.78 is 13.5. The summed E-state index contributed by atoms with van der Waals surface area (Å²) in [5.74, 6) is -0.431. The van der Waals surface area contributed by atoms with Gasteiger partial charge in [-0.2, -0.15) is 0 Å². The van der Waals surface area contributed by atoms with E-state index in [1.807, 2.05) is 0 Å². The summed E-state index contributed by atoms with van der Waals surface area (Å²) in [4.78, 5) is 2.30. The lowest BCUT2D eigenvalue weighted by atomic mass is 9.93. The highest BCUT2D eigenvalue weighted by atomic mass is 19.1. The standard InChI is InChI=1S/C14H20FN3O/c1-14(2)3-4-18(9-14)8-10-5-11(13(16)17-19)7-12(15)6-10/h5-7,19H,3-4,8-9H2,1-2H3,(H2,16,17). The van der Waals surface area contributed by atoms with Crippen molar-refractivity contribution in [3.8, 4) is 0 Å². The van der Waals surface area contributed by atoms with Crippen molar-refractivity contribution in [1.82, 2.24) is 4.90 Å². The topological polar surface area (TPSA) is 61.8 Å². The Morgan fingerprint density at radius 2 is 2.21 bits per heavy atom. The van der Waals surface area contributed by atoms with Gasteiger partial charge in [-0.25, -0.2) is 4.39 Å². The molecule has 0 radical (unpaired) electrons. The fourth-order valence-corrected chi connectivity index (χ4v) is 2.56. The zero-order valence-electron chi connectivity index (χ0n) is 11.4. The second-order valence-electron chi connectivity index (χ2n) is 5.96. The van der Waals surface area contributed by atoms with Crippen molar-refractivity contribution < 1.29 is 9.60 Å². The Bertz CT molecular complexity index is 499. The number of hydrogen-bond donors (Lipinski definition) is 2. The maximum atomic E-state index is 13.5. The molecule has 4 nitrogen and oxygen atoms in total.